The maximum absolute atomic E-state index is 13.4. The summed E-state index contributed by atoms with van der Waals surface area (Å²) in [5.74, 6) is 1.78. The molecule has 118 valence electrons. The Labute approximate surface area is 128 Å². The minimum Gasteiger partial charge on any atom is -0.494 e. The standard InChI is InChI=1S/C18H28FNO/c1-13-5-4-6-15(11-13)9-10-20-14(2)16-7-8-17(19)18(12-16)21-3/h7-8,12-15,20H,4-6,9-11H2,1-3H3. The fourth-order valence-corrected chi connectivity index (χ4v) is 3.39. The number of hydrogen-bond donors (Lipinski definition) is 1. The Morgan fingerprint density at radius 2 is 2.19 bits per heavy atom. The summed E-state index contributed by atoms with van der Waals surface area (Å²) in [4.78, 5) is 0. The van der Waals surface area contributed by atoms with Gasteiger partial charge in [0.05, 0.1) is 7.11 Å². The summed E-state index contributed by atoms with van der Waals surface area (Å²) >= 11 is 0. The molecule has 0 aliphatic heterocycles. The Kier molecular flexibility index (Phi) is 6.04. The van der Waals surface area contributed by atoms with E-state index in [0.717, 1.165) is 23.9 Å². The van der Waals surface area contributed by atoms with Gasteiger partial charge in [-0.15, -0.1) is 0 Å². The Bertz CT molecular complexity index is 449. The second kappa shape index (κ2) is 7.79. The largest absolute Gasteiger partial charge is 0.494 e. The van der Waals surface area contributed by atoms with E-state index in [4.69, 9.17) is 4.74 Å². The molecule has 1 saturated carbocycles. The van der Waals surface area contributed by atoms with Gasteiger partial charge in [0, 0.05) is 6.04 Å². The van der Waals surface area contributed by atoms with Crippen molar-refractivity contribution >= 4 is 0 Å². The fourth-order valence-electron chi connectivity index (χ4n) is 3.39. The molecular formula is C18H28FNO. The van der Waals surface area contributed by atoms with E-state index in [1.807, 2.05) is 6.07 Å². The van der Waals surface area contributed by atoms with Crippen LogP contribution in [0.3, 0.4) is 0 Å². The minimum atomic E-state index is -0.301. The highest BCUT2D eigenvalue weighted by Crippen LogP contribution is 2.30. The van der Waals surface area contributed by atoms with Crippen molar-refractivity contribution in [2.24, 2.45) is 11.8 Å². The van der Waals surface area contributed by atoms with Crippen LogP contribution in [-0.2, 0) is 0 Å². The first-order valence-electron chi connectivity index (χ1n) is 8.17. The molecule has 0 radical (unpaired) electrons. The molecule has 3 unspecified atom stereocenters. The topological polar surface area (TPSA) is 21.3 Å². The molecule has 1 aromatic rings. The molecule has 3 atom stereocenters. The van der Waals surface area contributed by atoms with Crippen LogP contribution in [-0.4, -0.2) is 13.7 Å². The molecule has 0 amide bonds. The van der Waals surface area contributed by atoms with Crippen molar-refractivity contribution in [3.63, 3.8) is 0 Å². The fraction of sp³-hybridized carbons (Fsp3) is 0.667. The Morgan fingerprint density at radius 1 is 1.38 bits per heavy atom. The highest BCUT2D eigenvalue weighted by molar-refractivity contribution is 5.31. The normalized spacial score (nSPS) is 23.8. The van der Waals surface area contributed by atoms with Gasteiger partial charge in [0.15, 0.2) is 11.6 Å². The van der Waals surface area contributed by atoms with E-state index < -0.39 is 0 Å². The Balaban J connectivity index is 1.80. The van der Waals surface area contributed by atoms with Crippen molar-refractivity contribution in [2.75, 3.05) is 13.7 Å². The zero-order valence-corrected chi connectivity index (χ0v) is 13.5. The van der Waals surface area contributed by atoms with Crippen LogP contribution in [0.15, 0.2) is 18.2 Å². The second-order valence-electron chi connectivity index (χ2n) is 6.50. The molecule has 2 rings (SSSR count). The zero-order chi connectivity index (χ0) is 15.2. The lowest BCUT2D eigenvalue weighted by Gasteiger charge is -2.27. The molecule has 0 bridgehead atoms. The first kappa shape index (κ1) is 16.3. The van der Waals surface area contributed by atoms with Gasteiger partial charge >= 0.3 is 0 Å². The molecule has 0 saturated heterocycles. The van der Waals surface area contributed by atoms with Gasteiger partial charge < -0.3 is 10.1 Å². The van der Waals surface area contributed by atoms with Gasteiger partial charge in [0.1, 0.15) is 0 Å². The number of methoxy groups -OCH3 is 1. The Morgan fingerprint density at radius 3 is 2.90 bits per heavy atom. The molecule has 1 aliphatic rings. The summed E-state index contributed by atoms with van der Waals surface area (Å²) < 4.78 is 18.5. The van der Waals surface area contributed by atoms with Crippen LogP contribution in [0.5, 0.6) is 5.75 Å². The number of hydrogen-bond acceptors (Lipinski definition) is 2. The zero-order valence-electron chi connectivity index (χ0n) is 13.5. The van der Waals surface area contributed by atoms with Gasteiger partial charge in [0.25, 0.3) is 0 Å². The lowest BCUT2D eigenvalue weighted by Crippen LogP contribution is -2.24. The first-order valence-corrected chi connectivity index (χ1v) is 8.17. The second-order valence-corrected chi connectivity index (χ2v) is 6.50. The molecular weight excluding hydrogens is 265 g/mol. The smallest absolute Gasteiger partial charge is 0.165 e. The third-order valence-electron chi connectivity index (χ3n) is 4.72. The Hall–Kier alpha value is -1.09. The van der Waals surface area contributed by atoms with Gasteiger partial charge in [-0.2, -0.15) is 0 Å². The van der Waals surface area contributed by atoms with Gasteiger partial charge in [-0.25, -0.2) is 4.39 Å². The average molecular weight is 293 g/mol. The monoisotopic (exact) mass is 293 g/mol. The van der Waals surface area contributed by atoms with Crippen LogP contribution < -0.4 is 10.1 Å². The van der Waals surface area contributed by atoms with E-state index in [1.54, 1.807) is 6.07 Å². The first-order chi connectivity index (χ1) is 10.1. The van der Waals surface area contributed by atoms with Gasteiger partial charge in [-0.3, -0.25) is 0 Å². The summed E-state index contributed by atoms with van der Waals surface area (Å²) in [6.45, 7) is 5.52. The summed E-state index contributed by atoms with van der Waals surface area (Å²) in [5.41, 5.74) is 1.07. The quantitative estimate of drug-likeness (QED) is 0.820. The molecule has 21 heavy (non-hydrogen) atoms. The van der Waals surface area contributed by atoms with Crippen LogP contribution in [0.1, 0.15) is 57.6 Å². The van der Waals surface area contributed by atoms with E-state index in [0.29, 0.717) is 5.75 Å². The lowest BCUT2D eigenvalue weighted by molar-refractivity contribution is 0.265. The van der Waals surface area contributed by atoms with E-state index in [2.05, 4.69) is 19.2 Å². The highest BCUT2D eigenvalue weighted by atomic mass is 19.1. The molecule has 1 aromatic carbocycles. The summed E-state index contributed by atoms with van der Waals surface area (Å²) in [5, 5.41) is 3.55. The number of nitrogens with one attached hydrogen (secondary N) is 1. The summed E-state index contributed by atoms with van der Waals surface area (Å²) in [7, 11) is 1.50. The number of benzene rings is 1. The van der Waals surface area contributed by atoms with Crippen molar-refractivity contribution in [3.8, 4) is 5.75 Å². The maximum Gasteiger partial charge on any atom is 0.165 e. The third kappa shape index (κ3) is 4.70. The summed E-state index contributed by atoms with van der Waals surface area (Å²) in [6, 6.07) is 5.32. The molecule has 0 heterocycles. The van der Waals surface area contributed by atoms with Crippen LogP contribution in [0.25, 0.3) is 0 Å². The van der Waals surface area contributed by atoms with E-state index in [-0.39, 0.29) is 11.9 Å². The molecule has 1 N–H and O–H groups in total. The predicted octanol–water partition coefficient (Wildman–Crippen LogP) is 4.70. The van der Waals surface area contributed by atoms with Crippen molar-refractivity contribution in [1.29, 1.82) is 0 Å². The van der Waals surface area contributed by atoms with Gasteiger partial charge in [-0.05, 0) is 55.8 Å². The number of rotatable bonds is 6. The van der Waals surface area contributed by atoms with Gasteiger partial charge in [0.2, 0.25) is 0 Å². The van der Waals surface area contributed by atoms with Crippen molar-refractivity contribution < 1.29 is 9.13 Å². The third-order valence-corrected chi connectivity index (χ3v) is 4.72. The van der Waals surface area contributed by atoms with Crippen LogP contribution in [0, 0.1) is 17.7 Å². The molecule has 0 spiro atoms. The highest BCUT2D eigenvalue weighted by Gasteiger charge is 2.18. The molecule has 0 aromatic heterocycles. The maximum atomic E-state index is 13.4. The minimum absolute atomic E-state index is 0.223. The van der Waals surface area contributed by atoms with Crippen molar-refractivity contribution in [2.45, 2.75) is 52.0 Å². The molecule has 1 aliphatic carbocycles. The van der Waals surface area contributed by atoms with Crippen LogP contribution in [0.4, 0.5) is 4.39 Å². The molecule has 3 heteroatoms. The number of halogens is 1. The van der Waals surface area contributed by atoms with Crippen LogP contribution in [0.2, 0.25) is 0 Å². The average Bonchev–Trinajstić information content (AvgIpc) is 2.47. The van der Waals surface area contributed by atoms with E-state index in [1.165, 1.54) is 45.3 Å². The molecule has 2 nitrogen and oxygen atoms in total. The van der Waals surface area contributed by atoms with Crippen LogP contribution >= 0.6 is 0 Å². The molecule has 1 fully saturated rings. The van der Waals surface area contributed by atoms with Gasteiger partial charge in [-0.1, -0.05) is 32.3 Å². The predicted molar refractivity (Wildman–Crippen MR) is 85.1 cm³/mol. The van der Waals surface area contributed by atoms with Crippen molar-refractivity contribution in [1.82, 2.24) is 5.32 Å². The lowest BCUT2D eigenvalue weighted by atomic mass is 9.81. The summed E-state index contributed by atoms with van der Waals surface area (Å²) in [6.07, 6.45) is 6.78. The van der Waals surface area contributed by atoms with E-state index >= 15 is 0 Å². The number of ether oxygens (including phenoxy) is 1. The van der Waals surface area contributed by atoms with E-state index in [9.17, 15) is 4.39 Å². The van der Waals surface area contributed by atoms with Crippen molar-refractivity contribution in [3.05, 3.63) is 29.6 Å². The SMILES string of the molecule is COc1cc(C(C)NCCC2CCCC(C)C2)ccc1F.